The fraction of sp³-hybridized carbons (Fsp3) is 0.250. The first-order valence-electron chi connectivity index (χ1n) is 8.99. The molecule has 3 aromatic rings. The van der Waals surface area contributed by atoms with Gasteiger partial charge in [-0.15, -0.1) is 11.3 Å². The van der Waals surface area contributed by atoms with Gasteiger partial charge in [0.25, 0.3) is 11.5 Å². The first kappa shape index (κ1) is 20.1. The van der Waals surface area contributed by atoms with E-state index in [2.05, 4.69) is 9.97 Å². The molecule has 0 saturated carbocycles. The van der Waals surface area contributed by atoms with Gasteiger partial charge < -0.3 is 14.6 Å². The van der Waals surface area contributed by atoms with Gasteiger partial charge in [-0.3, -0.25) is 9.59 Å². The highest BCUT2D eigenvalue weighted by atomic mass is 32.1. The van der Waals surface area contributed by atoms with Crippen molar-refractivity contribution in [2.75, 3.05) is 13.7 Å². The highest BCUT2D eigenvalue weighted by Gasteiger charge is 2.34. The molecule has 10 heteroatoms. The first-order valence-corrected chi connectivity index (χ1v) is 9.80. The van der Waals surface area contributed by atoms with Crippen molar-refractivity contribution in [3.8, 4) is 17.1 Å². The van der Waals surface area contributed by atoms with E-state index in [1.165, 1.54) is 11.0 Å². The van der Waals surface area contributed by atoms with Gasteiger partial charge in [-0.05, 0) is 42.8 Å². The zero-order valence-electron chi connectivity index (χ0n) is 15.7. The molecule has 0 unspecified atom stereocenters. The summed E-state index contributed by atoms with van der Waals surface area (Å²) in [5.41, 5.74) is 1.32. The number of nitrogens with one attached hydrogen (secondary N) is 1. The van der Waals surface area contributed by atoms with E-state index in [-0.39, 0.29) is 29.9 Å². The lowest BCUT2D eigenvalue weighted by molar-refractivity contribution is -0.134. The van der Waals surface area contributed by atoms with Crippen LogP contribution in [0.3, 0.4) is 0 Å². The Morgan fingerprint density at radius 3 is 2.57 bits per heavy atom. The summed E-state index contributed by atoms with van der Waals surface area (Å²) in [6.07, 6.45) is -4.20. The third-order valence-corrected chi connectivity index (χ3v) is 5.94. The van der Waals surface area contributed by atoms with Crippen molar-refractivity contribution in [3.05, 3.63) is 67.8 Å². The highest BCUT2D eigenvalue weighted by molar-refractivity contribution is 7.14. The van der Waals surface area contributed by atoms with Crippen molar-refractivity contribution >= 4 is 17.2 Å². The number of H-pyrrole nitrogens is 1. The number of carbonyl (C=O) groups is 1. The van der Waals surface area contributed by atoms with E-state index < -0.39 is 17.0 Å². The predicted octanol–water partition coefficient (Wildman–Crippen LogP) is 3.72. The number of alkyl halides is 3. The van der Waals surface area contributed by atoms with Crippen LogP contribution in [0.1, 0.15) is 25.8 Å². The van der Waals surface area contributed by atoms with Crippen LogP contribution >= 0.6 is 11.3 Å². The SMILES string of the molecule is COc1ccc(-c2nc3c(c(=O)[nH]2)CCN(C(=O)c2ccc(C(F)(F)F)s2)C3)cc1. The maximum atomic E-state index is 12.8. The Labute approximate surface area is 173 Å². The predicted molar refractivity (Wildman–Crippen MR) is 105 cm³/mol. The Balaban J connectivity index is 1.61. The summed E-state index contributed by atoms with van der Waals surface area (Å²) >= 11 is 0.413. The van der Waals surface area contributed by atoms with Gasteiger partial charge in [-0.25, -0.2) is 4.98 Å². The number of ether oxygens (including phenoxy) is 1. The second-order valence-electron chi connectivity index (χ2n) is 6.71. The molecule has 1 amide bonds. The Morgan fingerprint density at radius 2 is 1.93 bits per heavy atom. The van der Waals surface area contributed by atoms with Crippen LogP contribution in [-0.2, 0) is 19.1 Å². The summed E-state index contributed by atoms with van der Waals surface area (Å²) < 4.78 is 43.6. The zero-order chi connectivity index (χ0) is 21.5. The number of aromatic amines is 1. The molecule has 0 radical (unpaired) electrons. The van der Waals surface area contributed by atoms with Crippen molar-refractivity contribution < 1.29 is 22.7 Å². The summed E-state index contributed by atoms with van der Waals surface area (Å²) in [6.45, 7) is 0.290. The Morgan fingerprint density at radius 1 is 1.20 bits per heavy atom. The molecule has 1 aromatic carbocycles. The number of carbonyl (C=O) groups excluding carboxylic acids is 1. The van der Waals surface area contributed by atoms with Gasteiger partial charge in [-0.2, -0.15) is 13.2 Å². The number of halogens is 3. The van der Waals surface area contributed by atoms with E-state index in [0.29, 0.717) is 39.7 Å². The van der Waals surface area contributed by atoms with Crippen molar-refractivity contribution in [2.45, 2.75) is 19.1 Å². The van der Waals surface area contributed by atoms with E-state index in [4.69, 9.17) is 4.74 Å². The smallest absolute Gasteiger partial charge is 0.425 e. The van der Waals surface area contributed by atoms with Crippen molar-refractivity contribution in [1.82, 2.24) is 14.9 Å². The van der Waals surface area contributed by atoms with Crippen LogP contribution in [0.25, 0.3) is 11.4 Å². The minimum atomic E-state index is -4.49. The topological polar surface area (TPSA) is 75.3 Å². The minimum absolute atomic E-state index is 0.00555. The number of methoxy groups -OCH3 is 1. The first-order chi connectivity index (χ1) is 14.3. The molecule has 0 spiro atoms. The van der Waals surface area contributed by atoms with Crippen LogP contribution in [0, 0.1) is 0 Å². The van der Waals surface area contributed by atoms with E-state index in [9.17, 15) is 22.8 Å². The maximum absolute atomic E-state index is 12.8. The van der Waals surface area contributed by atoms with E-state index in [1.54, 1.807) is 31.4 Å². The molecule has 30 heavy (non-hydrogen) atoms. The van der Waals surface area contributed by atoms with E-state index in [0.717, 1.165) is 6.07 Å². The van der Waals surface area contributed by atoms with Crippen LogP contribution in [-0.4, -0.2) is 34.4 Å². The molecule has 0 aliphatic carbocycles. The molecule has 4 rings (SSSR count). The number of benzene rings is 1. The molecule has 1 aliphatic heterocycles. The molecular weight excluding hydrogens is 419 g/mol. The summed E-state index contributed by atoms with van der Waals surface area (Å²) in [5, 5.41) is 0. The number of amides is 1. The summed E-state index contributed by atoms with van der Waals surface area (Å²) in [6, 6.07) is 9.05. The standard InChI is InChI=1S/C20H16F3N3O3S/c1-29-12-4-2-11(3-5-12)17-24-14-10-26(9-8-13(14)18(27)25-17)19(28)15-6-7-16(30-15)20(21,22)23/h2-7H,8-10H2,1H3,(H,24,25,27). The summed E-state index contributed by atoms with van der Waals surface area (Å²) in [7, 11) is 1.55. The number of fused-ring (bicyclic) bond motifs is 1. The molecule has 0 saturated heterocycles. The van der Waals surface area contributed by atoms with Gasteiger partial charge in [0, 0.05) is 17.7 Å². The summed E-state index contributed by atoms with van der Waals surface area (Å²) in [5.74, 6) is 0.505. The molecule has 3 heterocycles. The molecule has 0 atom stereocenters. The Bertz CT molecular complexity index is 1150. The third kappa shape index (κ3) is 3.82. The minimum Gasteiger partial charge on any atom is -0.497 e. The van der Waals surface area contributed by atoms with E-state index >= 15 is 0 Å². The number of hydrogen-bond donors (Lipinski definition) is 1. The molecule has 156 valence electrons. The molecule has 1 N–H and O–H groups in total. The fourth-order valence-electron chi connectivity index (χ4n) is 3.26. The Hall–Kier alpha value is -3.14. The van der Waals surface area contributed by atoms with Gasteiger partial charge in [0.05, 0.1) is 24.2 Å². The van der Waals surface area contributed by atoms with Crippen LogP contribution in [0.5, 0.6) is 5.75 Å². The number of hydrogen-bond acceptors (Lipinski definition) is 5. The average molecular weight is 435 g/mol. The molecule has 2 aromatic heterocycles. The molecule has 0 bridgehead atoms. The van der Waals surface area contributed by atoms with Crippen molar-refractivity contribution in [3.63, 3.8) is 0 Å². The van der Waals surface area contributed by atoms with Gasteiger partial charge in [0.15, 0.2) is 0 Å². The number of nitrogens with zero attached hydrogens (tertiary/aromatic N) is 2. The lowest BCUT2D eigenvalue weighted by atomic mass is 10.1. The van der Waals surface area contributed by atoms with E-state index in [1.807, 2.05) is 0 Å². The number of aromatic nitrogens is 2. The fourth-order valence-corrected chi connectivity index (χ4v) is 4.10. The van der Waals surface area contributed by atoms with Gasteiger partial charge in [0.2, 0.25) is 0 Å². The van der Waals surface area contributed by atoms with Crippen LogP contribution in [0.2, 0.25) is 0 Å². The van der Waals surface area contributed by atoms with Gasteiger partial charge >= 0.3 is 6.18 Å². The lowest BCUT2D eigenvalue weighted by Gasteiger charge is -2.27. The van der Waals surface area contributed by atoms with Gasteiger partial charge in [0.1, 0.15) is 16.5 Å². The highest BCUT2D eigenvalue weighted by Crippen LogP contribution is 2.35. The largest absolute Gasteiger partial charge is 0.497 e. The Kier molecular flexibility index (Phi) is 5.10. The van der Waals surface area contributed by atoms with Crippen LogP contribution in [0.4, 0.5) is 13.2 Å². The van der Waals surface area contributed by atoms with Crippen LogP contribution in [0.15, 0.2) is 41.2 Å². The summed E-state index contributed by atoms with van der Waals surface area (Å²) in [4.78, 5) is 33.1. The number of thiophene rings is 1. The number of rotatable bonds is 3. The normalized spacial score (nSPS) is 13.8. The van der Waals surface area contributed by atoms with Crippen molar-refractivity contribution in [2.24, 2.45) is 0 Å². The zero-order valence-corrected chi connectivity index (χ0v) is 16.6. The molecular formula is C20H16F3N3O3S. The monoisotopic (exact) mass is 435 g/mol. The molecule has 1 aliphatic rings. The van der Waals surface area contributed by atoms with Crippen LogP contribution < -0.4 is 10.3 Å². The lowest BCUT2D eigenvalue weighted by Crippen LogP contribution is -2.39. The molecule has 6 nitrogen and oxygen atoms in total. The second kappa shape index (κ2) is 7.60. The quantitative estimate of drug-likeness (QED) is 0.681. The molecule has 0 fully saturated rings. The average Bonchev–Trinajstić information content (AvgIpc) is 3.23. The second-order valence-corrected chi connectivity index (χ2v) is 7.79. The third-order valence-electron chi connectivity index (χ3n) is 4.82. The maximum Gasteiger partial charge on any atom is 0.425 e. The van der Waals surface area contributed by atoms with Crippen molar-refractivity contribution in [1.29, 1.82) is 0 Å². The van der Waals surface area contributed by atoms with Gasteiger partial charge in [-0.1, -0.05) is 0 Å².